The van der Waals surface area contributed by atoms with Gasteiger partial charge in [-0.3, -0.25) is 0 Å². The van der Waals surface area contributed by atoms with Crippen LogP contribution in [0.25, 0.3) is 0 Å². The quantitative estimate of drug-likeness (QED) is 0.187. The molecule has 7 aliphatic heterocycles. The molecule has 0 bridgehead atoms. The van der Waals surface area contributed by atoms with E-state index in [0.29, 0.717) is 0 Å². The SMILES string of the molecule is CSC1=C(SC)SC(=C2SC3=C(S2)SC(=C2C(=C4Sc5ccccc5S4)C(=C4Sc5ccccc5S4)C(=C4Sc5ccccc5S4)C2=C2Sc4ccccc4S2)S3)S1. The van der Waals surface area contributed by atoms with Gasteiger partial charge in [-0.15, -0.1) is 23.5 Å². The van der Waals surface area contributed by atoms with E-state index in [4.69, 9.17) is 0 Å². The van der Waals surface area contributed by atoms with Crippen LogP contribution in [0.4, 0.5) is 0 Å². The second-order valence-electron chi connectivity index (χ2n) is 12.7. The highest BCUT2D eigenvalue weighted by Crippen LogP contribution is 2.75. The molecule has 1 saturated carbocycles. The number of hydrogen-bond donors (Lipinski definition) is 0. The van der Waals surface area contributed by atoms with E-state index in [-0.39, 0.29) is 0 Å². The van der Waals surface area contributed by atoms with Crippen LogP contribution in [0, 0.1) is 0 Å². The summed E-state index contributed by atoms with van der Waals surface area (Å²) in [5.41, 5.74) is 7.07. The third-order valence-electron chi connectivity index (χ3n) is 9.27. The van der Waals surface area contributed by atoms with Crippen LogP contribution >= 0.6 is 188 Å². The first-order chi connectivity index (χ1) is 28.6. The molecule has 286 valence electrons. The van der Waals surface area contributed by atoms with Crippen molar-refractivity contribution in [3.8, 4) is 0 Å². The maximum Gasteiger partial charge on any atom is 0.0718 e. The molecule has 1 aliphatic carbocycles. The molecule has 7 heterocycles. The van der Waals surface area contributed by atoms with E-state index < -0.39 is 0 Å². The number of allylic oxidation sites excluding steroid dienone is 5. The highest BCUT2D eigenvalue weighted by atomic mass is 32.3. The molecule has 4 aromatic rings. The predicted octanol–water partition coefficient (Wildman–Crippen LogP) is 19.2. The second kappa shape index (κ2) is 16.8. The van der Waals surface area contributed by atoms with E-state index in [1.54, 1.807) is 0 Å². The first kappa shape index (κ1) is 40.0. The summed E-state index contributed by atoms with van der Waals surface area (Å²) < 4.78 is 15.6. The Hall–Kier alpha value is 0.400. The Morgan fingerprint density at radius 1 is 0.241 bits per heavy atom. The third kappa shape index (κ3) is 7.08. The molecule has 16 heteroatoms. The minimum atomic E-state index is 1.35. The van der Waals surface area contributed by atoms with Gasteiger partial charge in [0.2, 0.25) is 0 Å². The summed E-state index contributed by atoms with van der Waals surface area (Å²) in [5.74, 6) is 0. The lowest BCUT2D eigenvalue weighted by Crippen LogP contribution is -1.91. The molecule has 0 nitrogen and oxygen atoms in total. The van der Waals surface area contributed by atoms with Crippen molar-refractivity contribution in [3.05, 3.63) is 172 Å². The molecule has 8 aliphatic rings. The first-order valence-electron chi connectivity index (χ1n) is 17.5. The lowest BCUT2D eigenvalue weighted by Gasteiger charge is -2.13. The highest BCUT2D eigenvalue weighted by molar-refractivity contribution is 8.49. The highest BCUT2D eigenvalue weighted by Gasteiger charge is 2.47. The van der Waals surface area contributed by atoms with Crippen molar-refractivity contribution >= 4 is 188 Å². The Bertz CT molecular complexity index is 2520. The number of benzene rings is 4. The fraction of sp³-hybridized carbons (Fsp3) is 0.0476. The van der Waals surface area contributed by atoms with Gasteiger partial charge in [0, 0.05) is 67.0 Å². The van der Waals surface area contributed by atoms with E-state index in [1.165, 1.54) is 114 Å². The lowest BCUT2D eigenvalue weighted by atomic mass is 10.1. The fourth-order valence-corrected chi connectivity index (χ4v) is 28.9. The Morgan fingerprint density at radius 2 is 0.431 bits per heavy atom. The molecule has 0 spiro atoms. The van der Waals surface area contributed by atoms with E-state index in [9.17, 15) is 0 Å². The Morgan fingerprint density at radius 3 is 0.655 bits per heavy atom. The smallest absolute Gasteiger partial charge is 0.0718 e. The van der Waals surface area contributed by atoms with Crippen LogP contribution in [0.5, 0.6) is 0 Å². The van der Waals surface area contributed by atoms with Crippen LogP contribution in [-0.4, -0.2) is 12.5 Å². The average molecular weight is 1040 g/mol. The van der Waals surface area contributed by atoms with Crippen LogP contribution in [0.1, 0.15) is 0 Å². The van der Waals surface area contributed by atoms with E-state index >= 15 is 0 Å². The van der Waals surface area contributed by atoms with Gasteiger partial charge in [-0.25, -0.2) is 0 Å². The minimum absolute atomic E-state index is 1.35. The summed E-state index contributed by atoms with van der Waals surface area (Å²) in [5, 5.41) is 0. The molecule has 0 saturated heterocycles. The molecule has 0 amide bonds. The second-order valence-corrected chi connectivity index (χ2v) is 31.7. The van der Waals surface area contributed by atoms with Crippen LogP contribution < -0.4 is 0 Å². The van der Waals surface area contributed by atoms with Crippen molar-refractivity contribution in [1.82, 2.24) is 0 Å². The molecule has 1 fully saturated rings. The minimum Gasteiger partial charge on any atom is -0.121 e. The molecule has 0 radical (unpaired) electrons. The van der Waals surface area contributed by atoms with Gasteiger partial charge in [0.15, 0.2) is 0 Å². The third-order valence-corrected chi connectivity index (χ3v) is 30.9. The predicted molar refractivity (Wildman–Crippen MR) is 281 cm³/mol. The van der Waals surface area contributed by atoms with Crippen LogP contribution in [0.2, 0.25) is 0 Å². The van der Waals surface area contributed by atoms with E-state index in [2.05, 4.69) is 110 Å². The normalized spacial score (nSPS) is 20.9. The van der Waals surface area contributed by atoms with Gasteiger partial charge in [0.1, 0.15) is 0 Å². The molecule has 0 N–H and O–H groups in total. The Kier molecular flexibility index (Phi) is 11.5. The van der Waals surface area contributed by atoms with Gasteiger partial charge in [-0.1, -0.05) is 213 Å². The summed E-state index contributed by atoms with van der Waals surface area (Å²) >= 11 is 31.5. The van der Waals surface area contributed by atoms with Crippen LogP contribution in [0.15, 0.2) is 211 Å². The van der Waals surface area contributed by atoms with Crippen molar-refractivity contribution in [2.75, 3.05) is 12.5 Å². The largest absolute Gasteiger partial charge is 0.121 e. The molecule has 0 aromatic heterocycles. The van der Waals surface area contributed by atoms with E-state index in [0.717, 1.165) is 0 Å². The van der Waals surface area contributed by atoms with Crippen molar-refractivity contribution in [2.24, 2.45) is 0 Å². The molecule has 4 aromatic carbocycles. The Balaban J connectivity index is 1.08. The van der Waals surface area contributed by atoms with Gasteiger partial charge in [0.05, 0.1) is 46.6 Å². The number of hydrogen-bond acceptors (Lipinski definition) is 16. The molecule has 12 rings (SSSR count). The van der Waals surface area contributed by atoms with Crippen molar-refractivity contribution in [3.63, 3.8) is 0 Å². The van der Waals surface area contributed by atoms with Crippen molar-refractivity contribution in [1.29, 1.82) is 0 Å². The number of thioether (sulfide) groups is 16. The first-order valence-corrected chi connectivity index (χ1v) is 31.4. The van der Waals surface area contributed by atoms with Gasteiger partial charge in [0.25, 0.3) is 0 Å². The number of fused-ring (bicyclic) bond motifs is 4. The molecule has 0 atom stereocenters. The van der Waals surface area contributed by atoms with Gasteiger partial charge < -0.3 is 0 Å². The summed E-state index contributed by atoms with van der Waals surface area (Å²) in [7, 11) is 0. The zero-order chi connectivity index (χ0) is 38.5. The molecule has 58 heavy (non-hydrogen) atoms. The maximum absolute atomic E-state index is 2.30. The van der Waals surface area contributed by atoms with Crippen LogP contribution in [0.3, 0.4) is 0 Å². The van der Waals surface area contributed by atoms with Crippen molar-refractivity contribution < 1.29 is 0 Å². The standard InChI is InChI=1S/C42H22S16/c1-43-37-38(44-2)56-41(55-37)42-57-39-40(58-42)54-36(53-39)31-29(34-49-23-15-7-8-16-24(23)50-34)27(32-45-19-11-3-4-12-20(19)46-32)28(33-47-21-13-5-6-14-22(21)48-33)30(31)35-51-25-17-9-10-18-26(25)52-35/h3-18H,1-2H3. The summed E-state index contributed by atoms with van der Waals surface area (Å²) in [6, 6.07) is 36.0. The summed E-state index contributed by atoms with van der Waals surface area (Å²) in [4.78, 5) is 10.8. The molecular weight excluding hydrogens is 1020 g/mol. The van der Waals surface area contributed by atoms with Gasteiger partial charge in [-0.05, 0) is 61.0 Å². The topological polar surface area (TPSA) is 0 Å². The monoisotopic (exact) mass is 1040 g/mol. The molecular formula is C42H22S16. The summed E-state index contributed by atoms with van der Waals surface area (Å²) in [6.45, 7) is 0. The average Bonchev–Trinajstić information content (AvgIpc) is 4.10. The van der Waals surface area contributed by atoms with E-state index in [1.807, 2.05) is 188 Å². The zero-order valence-electron chi connectivity index (χ0n) is 29.8. The van der Waals surface area contributed by atoms with Gasteiger partial charge in [-0.2, -0.15) is 0 Å². The zero-order valence-corrected chi connectivity index (χ0v) is 42.8. The van der Waals surface area contributed by atoms with Crippen molar-refractivity contribution in [2.45, 2.75) is 39.2 Å². The van der Waals surface area contributed by atoms with Crippen LogP contribution in [-0.2, 0) is 0 Å². The molecule has 0 unspecified atom stereocenters. The summed E-state index contributed by atoms with van der Waals surface area (Å²) in [6.07, 6.45) is 4.41. The Labute approximate surface area is 406 Å². The van der Waals surface area contributed by atoms with Gasteiger partial charge >= 0.3 is 0 Å². The lowest BCUT2D eigenvalue weighted by molar-refractivity contribution is 1.27. The maximum atomic E-state index is 2.30. The fourth-order valence-electron chi connectivity index (χ4n) is 6.79. The number of rotatable bonds is 2.